The normalized spacial score (nSPS) is 21.5. The van der Waals surface area contributed by atoms with Gasteiger partial charge in [0.15, 0.2) is 0 Å². The van der Waals surface area contributed by atoms with Crippen LogP contribution in [-0.2, 0) is 5.41 Å². The third kappa shape index (κ3) is 3.50. The van der Waals surface area contributed by atoms with E-state index in [1.165, 1.54) is 50.0 Å². The van der Waals surface area contributed by atoms with Crippen molar-refractivity contribution in [1.82, 2.24) is 5.32 Å². The molecule has 0 atom stereocenters. The Hall–Kier alpha value is -1.22. The Morgan fingerprint density at radius 2 is 1.70 bits per heavy atom. The molecule has 0 aliphatic carbocycles. The lowest BCUT2D eigenvalue weighted by molar-refractivity contribution is 0.154. The fourth-order valence-corrected chi connectivity index (χ4v) is 4.08. The van der Waals surface area contributed by atoms with Gasteiger partial charge in [-0.05, 0) is 67.3 Å². The summed E-state index contributed by atoms with van der Waals surface area (Å²) in [4.78, 5) is 2.53. The van der Waals surface area contributed by atoms with Gasteiger partial charge in [0.05, 0.1) is 12.8 Å². The fraction of sp³-hybridized carbons (Fsp3) is 0.700. The molecule has 2 heterocycles. The summed E-state index contributed by atoms with van der Waals surface area (Å²) in [5.74, 6) is 1.03. The Morgan fingerprint density at radius 3 is 2.26 bits per heavy atom. The second-order valence-electron chi connectivity index (χ2n) is 8.37. The van der Waals surface area contributed by atoms with Crippen molar-refractivity contribution in [1.29, 1.82) is 0 Å². The molecule has 2 aliphatic heterocycles. The highest BCUT2D eigenvalue weighted by Crippen LogP contribution is 2.42. The predicted molar refractivity (Wildman–Crippen MR) is 97.7 cm³/mol. The molecule has 1 spiro atoms. The van der Waals surface area contributed by atoms with E-state index in [9.17, 15) is 0 Å². The largest absolute Gasteiger partial charge is 0.495 e. The molecule has 3 rings (SSSR count). The summed E-state index contributed by atoms with van der Waals surface area (Å²) in [5.41, 5.74) is 3.36. The fourth-order valence-electron chi connectivity index (χ4n) is 4.08. The van der Waals surface area contributed by atoms with Crippen molar-refractivity contribution in [2.45, 2.75) is 51.9 Å². The van der Waals surface area contributed by atoms with Crippen molar-refractivity contribution in [3.8, 4) is 5.75 Å². The maximum atomic E-state index is 5.72. The zero-order chi connectivity index (χ0) is 16.5. The van der Waals surface area contributed by atoms with Crippen molar-refractivity contribution in [3.05, 3.63) is 23.8 Å². The first-order valence-corrected chi connectivity index (χ1v) is 9.08. The molecule has 3 nitrogen and oxygen atoms in total. The van der Waals surface area contributed by atoms with Crippen molar-refractivity contribution in [2.24, 2.45) is 5.41 Å². The van der Waals surface area contributed by atoms with Gasteiger partial charge >= 0.3 is 0 Å². The maximum Gasteiger partial charge on any atom is 0.142 e. The first-order valence-electron chi connectivity index (χ1n) is 9.08. The summed E-state index contributed by atoms with van der Waals surface area (Å²) in [6, 6.07) is 6.76. The van der Waals surface area contributed by atoms with Crippen LogP contribution in [0, 0.1) is 5.41 Å². The summed E-state index contributed by atoms with van der Waals surface area (Å²) in [5, 5.41) is 3.50. The third-order valence-electron chi connectivity index (χ3n) is 5.87. The molecule has 2 aliphatic rings. The maximum absolute atomic E-state index is 5.72. The highest BCUT2D eigenvalue weighted by atomic mass is 16.5. The van der Waals surface area contributed by atoms with Crippen LogP contribution in [0.3, 0.4) is 0 Å². The SMILES string of the molecule is COc1cc(C(C)(C)C)ccc1N1CCC2(CCNCC2)CC1. The van der Waals surface area contributed by atoms with Crippen LogP contribution in [0.5, 0.6) is 5.75 Å². The number of nitrogens with zero attached hydrogens (tertiary/aromatic N) is 1. The lowest BCUT2D eigenvalue weighted by Crippen LogP contribution is -2.45. The van der Waals surface area contributed by atoms with E-state index in [1.54, 1.807) is 7.11 Å². The van der Waals surface area contributed by atoms with Gasteiger partial charge in [-0.1, -0.05) is 26.8 Å². The molecular weight excluding hydrogens is 284 g/mol. The Bertz CT molecular complexity index is 531. The van der Waals surface area contributed by atoms with Gasteiger partial charge < -0.3 is 15.0 Å². The Morgan fingerprint density at radius 1 is 1.04 bits per heavy atom. The molecule has 2 fully saturated rings. The zero-order valence-electron chi connectivity index (χ0n) is 15.2. The lowest BCUT2D eigenvalue weighted by Gasteiger charge is -2.45. The van der Waals surface area contributed by atoms with E-state index in [1.807, 2.05) is 0 Å². The van der Waals surface area contributed by atoms with Gasteiger partial charge in [-0.3, -0.25) is 0 Å². The molecular formula is C20H32N2O. The second kappa shape index (κ2) is 6.35. The van der Waals surface area contributed by atoms with Gasteiger partial charge in [-0.25, -0.2) is 0 Å². The number of piperidine rings is 2. The number of anilines is 1. The van der Waals surface area contributed by atoms with E-state index < -0.39 is 0 Å². The summed E-state index contributed by atoms with van der Waals surface area (Å²) in [6.07, 6.45) is 5.33. The number of benzene rings is 1. The molecule has 0 amide bonds. The van der Waals surface area contributed by atoms with E-state index in [4.69, 9.17) is 4.74 Å². The molecule has 1 aromatic rings. The summed E-state index contributed by atoms with van der Waals surface area (Å²) < 4.78 is 5.72. The van der Waals surface area contributed by atoms with Crippen LogP contribution in [-0.4, -0.2) is 33.3 Å². The molecule has 0 radical (unpaired) electrons. The second-order valence-corrected chi connectivity index (χ2v) is 8.37. The molecule has 0 unspecified atom stereocenters. The van der Waals surface area contributed by atoms with Gasteiger partial charge in [0.25, 0.3) is 0 Å². The smallest absolute Gasteiger partial charge is 0.142 e. The lowest BCUT2D eigenvalue weighted by atomic mass is 9.71. The summed E-state index contributed by atoms with van der Waals surface area (Å²) >= 11 is 0. The molecule has 0 aromatic heterocycles. The van der Waals surface area contributed by atoms with E-state index in [0.717, 1.165) is 18.8 Å². The quantitative estimate of drug-likeness (QED) is 0.894. The molecule has 0 saturated carbocycles. The topological polar surface area (TPSA) is 24.5 Å². The van der Waals surface area contributed by atoms with Gasteiger partial charge in [0.2, 0.25) is 0 Å². The number of rotatable bonds is 2. The number of ether oxygens (including phenoxy) is 1. The Labute approximate surface area is 141 Å². The number of hydrogen-bond donors (Lipinski definition) is 1. The first-order chi connectivity index (χ1) is 10.9. The first kappa shape index (κ1) is 16.6. The zero-order valence-corrected chi connectivity index (χ0v) is 15.2. The average molecular weight is 316 g/mol. The number of nitrogens with one attached hydrogen (secondary N) is 1. The molecule has 23 heavy (non-hydrogen) atoms. The van der Waals surface area contributed by atoms with E-state index in [-0.39, 0.29) is 5.41 Å². The monoisotopic (exact) mass is 316 g/mol. The van der Waals surface area contributed by atoms with E-state index >= 15 is 0 Å². The van der Waals surface area contributed by atoms with Crippen molar-refractivity contribution >= 4 is 5.69 Å². The average Bonchev–Trinajstić information content (AvgIpc) is 2.55. The molecule has 0 bridgehead atoms. The van der Waals surface area contributed by atoms with Crippen molar-refractivity contribution < 1.29 is 4.74 Å². The molecule has 2 saturated heterocycles. The van der Waals surface area contributed by atoms with Crippen LogP contribution in [0.2, 0.25) is 0 Å². The van der Waals surface area contributed by atoms with Gasteiger partial charge in [-0.2, -0.15) is 0 Å². The predicted octanol–water partition coefficient (Wildman–Crippen LogP) is 3.96. The Balaban J connectivity index is 1.75. The van der Waals surface area contributed by atoms with Crippen LogP contribution >= 0.6 is 0 Å². The number of hydrogen-bond acceptors (Lipinski definition) is 3. The van der Waals surface area contributed by atoms with Crippen LogP contribution < -0.4 is 15.0 Å². The van der Waals surface area contributed by atoms with E-state index in [0.29, 0.717) is 5.41 Å². The Kier molecular flexibility index (Phi) is 4.59. The molecule has 1 N–H and O–H groups in total. The minimum absolute atomic E-state index is 0.160. The highest BCUT2D eigenvalue weighted by molar-refractivity contribution is 5.60. The minimum atomic E-state index is 0.160. The molecule has 128 valence electrons. The van der Waals surface area contributed by atoms with Gasteiger partial charge in [0.1, 0.15) is 5.75 Å². The standard InChI is InChI=1S/C20H32N2O/c1-19(2,3)16-5-6-17(18(15-16)23-4)22-13-9-20(10-14-22)7-11-21-12-8-20/h5-6,15,21H,7-14H2,1-4H3. The van der Waals surface area contributed by atoms with Gasteiger partial charge in [-0.15, -0.1) is 0 Å². The molecule has 3 heteroatoms. The van der Waals surface area contributed by atoms with Crippen molar-refractivity contribution in [3.63, 3.8) is 0 Å². The summed E-state index contributed by atoms with van der Waals surface area (Å²) in [6.45, 7) is 11.5. The summed E-state index contributed by atoms with van der Waals surface area (Å²) in [7, 11) is 1.80. The minimum Gasteiger partial charge on any atom is -0.495 e. The van der Waals surface area contributed by atoms with Gasteiger partial charge in [0, 0.05) is 13.1 Å². The van der Waals surface area contributed by atoms with Crippen molar-refractivity contribution in [2.75, 3.05) is 38.2 Å². The highest BCUT2D eigenvalue weighted by Gasteiger charge is 2.36. The van der Waals surface area contributed by atoms with Crippen LogP contribution in [0.1, 0.15) is 52.0 Å². The van der Waals surface area contributed by atoms with Crippen LogP contribution in [0.15, 0.2) is 18.2 Å². The van der Waals surface area contributed by atoms with Crippen LogP contribution in [0.25, 0.3) is 0 Å². The molecule has 1 aromatic carbocycles. The van der Waals surface area contributed by atoms with E-state index in [2.05, 4.69) is 49.2 Å². The van der Waals surface area contributed by atoms with Crippen LogP contribution in [0.4, 0.5) is 5.69 Å². The number of methoxy groups -OCH3 is 1. The third-order valence-corrected chi connectivity index (χ3v) is 5.87.